The molecule has 6 heteroatoms. The molecule has 0 saturated carbocycles. The number of carbonyl (C=O) groups excluding carboxylic acids is 1. The molecule has 1 aromatic rings. The number of aryl methyl sites for hydroxylation is 1. The Hall–Kier alpha value is -0.460. The molecule has 0 spiro atoms. The van der Waals surface area contributed by atoms with Crippen LogP contribution < -0.4 is 5.32 Å². The van der Waals surface area contributed by atoms with E-state index in [1.807, 2.05) is 13.1 Å². The molecule has 0 aromatic carbocycles. The van der Waals surface area contributed by atoms with Gasteiger partial charge in [0.25, 0.3) is 0 Å². The Bertz CT molecular complexity index is 370. The molecule has 0 amide bonds. The Morgan fingerprint density at radius 1 is 1.71 bits per heavy atom. The molecule has 0 aliphatic carbocycles. The molecule has 0 radical (unpaired) electrons. The summed E-state index contributed by atoms with van der Waals surface area (Å²) in [5, 5.41) is 4.30. The molecule has 1 heterocycles. The van der Waals surface area contributed by atoms with Crippen LogP contribution in [0.3, 0.4) is 0 Å². The zero-order chi connectivity index (χ0) is 12.8. The summed E-state index contributed by atoms with van der Waals surface area (Å²) in [4.78, 5) is 16.5. The summed E-state index contributed by atoms with van der Waals surface area (Å²) >= 11 is 4.97. The van der Waals surface area contributed by atoms with Crippen molar-refractivity contribution >= 4 is 33.2 Å². The standard InChI is InChI=1S/C11H17BrN2O2S/c1-4-8-5-14-10(17-8)7(2)13-6-9(12)11(15)16-3/h5,7,9,13H,4,6H2,1-3H3. The average molecular weight is 321 g/mol. The molecule has 0 bridgehead atoms. The monoisotopic (exact) mass is 320 g/mol. The molecule has 0 aliphatic heterocycles. The number of thiazole rings is 1. The van der Waals surface area contributed by atoms with Crippen molar-refractivity contribution in [1.29, 1.82) is 0 Å². The maximum absolute atomic E-state index is 11.2. The van der Waals surface area contributed by atoms with Gasteiger partial charge in [0.05, 0.1) is 13.2 Å². The smallest absolute Gasteiger partial charge is 0.320 e. The highest BCUT2D eigenvalue weighted by molar-refractivity contribution is 9.10. The van der Waals surface area contributed by atoms with Crippen molar-refractivity contribution in [2.45, 2.75) is 31.1 Å². The van der Waals surface area contributed by atoms with Crippen LogP contribution in [0.5, 0.6) is 0 Å². The van der Waals surface area contributed by atoms with Crippen molar-refractivity contribution < 1.29 is 9.53 Å². The molecule has 2 unspecified atom stereocenters. The third-order valence-electron chi connectivity index (χ3n) is 2.35. The van der Waals surface area contributed by atoms with Crippen LogP contribution in [-0.4, -0.2) is 29.4 Å². The number of carbonyl (C=O) groups is 1. The van der Waals surface area contributed by atoms with E-state index in [9.17, 15) is 4.79 Å². The summed E-state index contributed by atoms with van der Waals surface area (Å²) in [5.74, 6) is -0.266. The number of methoxy groups -OCH3 is 1. The third-order valence-corrected chi connectivity index (χ3v) is 4.37. The number of nitrogens with zero attached hydrogens (tertiary/aromatic N) is 1. The highest BCUT2D eigenvalue weighted by Gasteiger charge is 2.17. The van der Waals surface area contributed by atoms with E-state index in [0.29, 0.717) is 6.54 Å². The Labute approximate surface area is 114 Å². The fourth-order valence-corrected chi connectivity index (χ4v) is 2.52. The van der Waals surface area contributed by atoms with Crippen molar-refractivity contribution in [1.82, 2.24) is 10.3 Å². The molecular weight excluding hydrogens is 304 g/mol. The largest absolute Gasteiger partial charge is 0.468 e. The SMILES string of the molecule is CCc1cnc(C(C)NCC(Br)C(=O)OC)s1. The van der Waals surface area contributed by atoms with E-state index < -0.39 is 0 Å². The Balaban J connectivity index is 2.44. The van der Waals surface area contributed by atoms with Crippen molar-refractivity contribution in [3.8, 4) is 0 Å². The van der Waals surface area contributed by atoms with Gasteiger partial charge >= 0.3 is 5.97 Å². The van der Waals surface area contributed by atoms with Gasteiger partial charge in [0, 0.05) is 17.6 Å². The first-order valence-corrected chi connectivity index (χ1v) is 7.21. The maximum Gasteiger partial charge on any atom is 0.320 e. The second-order valence-corrected chi connectivity index (χ2v) is 5.89. The first kappa shape index (κ1) is 14.6. The van der Waals surface area contributed by atoms with E-state index in [-0.39, 0.29) is 16.8 Å². The van der Waals surface area contributed by atoms with E-state index in [4.69, 9.17) is 0 Å². The van der Waals surface area contributed by atoms with E-state index in [0.717, 1.165) is 11.4 Å². The first-order valence-electron chi connectivity index (χ1n) is 5.48. The Morgan fingerprint density at radius 2 is 2.41 bits per heavy atom. The van der Waals surface area contributed by atoms with Gasteiger partial charge in [-0.05, 0) is 13.3 Å². The third kappa shape index (κ3) is 4.37. The number of halogens is 1. The highest BCUT2D eigenvalue weighted by Crippen LogP contribution is 2.20. The van der Waals surface area contributed by atoms with Crippen LogP contribution in [0.1, 0.15) is 29.8 Å². The van der Waals surface area contributed by atoms with E-state index in [2.05, 4.69) is 37.9 Å². The predicted octanol–water partition coefficient (Wildman–Crippen LogP) is 2.29. The minimum Gasteiger partial charge on any atom is -0.468 e. The van der Waals surface area contributed by atoms with Crippen LogP contribution in [0, 0.1) is 0 Å². The normalized spacial score (nSPS) is 14.4. The van der Waals surface area contributed by atoms with Crippen LogP contribution >= 0.6 is 27.3 Å². The summed E-state index contributed by atoms with van der Waals surface area (Å²) in [5.41, 5.74) is 0. The molecule has 17 heavy (non-hydrogen) atoms. The summed E-state index contributed by atoms with van der Waals surface area (Å²) in [6.07, 6.45) is 2.91. The number of alkyl halides is 1. The van der Waals surface area contributed by atoms with Gasteiger partial charge < -0.3 is 10.1 Å². The summed E-state index contributed by atoms with van der Waals surface area (Å²) in [7, 11) is 1.38. The van der Waals surface area contributed by atoms with Gasteiger partial charge in [0.15, 0.2) is 0 Å². The molecule has 1 aromatic heterocycles. The average Bonchev–Trinajstić information content (AvgIpc) is 2.83. The van der Waals surface area contributed by atoms with E-state index in [1.54, 1.807) is 11.3 Å². The van der Waals surface area contributed by atoms with Crippen molar-refractivity contribution in [2.75, 3.05) is 13.7 Å². The van der Waals surface area contributed by atoms with E-state index in [1.165, 1.54) is 12.0 Å². The zero-order valence-corrected chi connectivity index (χ0v) is 12.6. The number of aromatic nitrogens is 1. The summed E-state index contributed by atoms with van der Waals surface area (Å²) in [6, 6.07) is 0.144. The molecule has 0 fully saturated rings. The minimum absolute atomic E-state index is 0.144. The molecule has 4 nitrogen and oxygen atoms in total. The van der Waals surface area contributed by atoms with Crippen LogP contribution in [0.25, 0.3) is 0 Å². The van der Waals surface area contributed by atoms with Crippen LogP contribution in [0.4, 0.5) is 0 Å². The fraction of sp³-hybridized carbons (Fsp3) is 0.636. The Morgan fingerprint density at radius 3 is 2.94 bits per heavy atom. The quantitative estimate of drug-likeness (QED) is 0.645. The molecule has 1 rings (SSSR count). The van der Waals surface area contributed by atoms with Gasteiger partial charge in [-0.2, -0.15) is 0 Å². The number of hydrogen-bond acceptors (Lipinski definition) is 5. The molecular formula is C11H17BrN2O2S. The van der Waals surface area contributed by atoms with Gasteiger partial charge in [0.2, 0.25) is 0 Å². The van der Waals surface area contributed by atoms with Crippen molar-refractivity contribution in [2.24, 2.45) is 0 Å². The lowest BCUT2D eigenvalue weighted by Gasteiger charge is -2.13. The molecule has 1 N–H and O–H groups in total. The minimum atomic E-state index is -0.319. The van der Waals surface area contributed by atoms with Gasteiger partial charge in [-0.15, -0.1) is 11.3 Å². The maximum atomic E-state index is 11.2. The van der Waals surface area contributed by atoms with Crippen molar-refractivity contribution in [3.63, 3.8) is 0 Å². The summed E-state index contributed by atoms with van der Waals surface area (Å²) in [6.45, 7) is 4.67. The fourth-order valence-electron chi connectivity index (χ4n) is 1.27. The second kappa shape index (κ2) is 7.08. The number of nitrogens with one attached hydrogen (secondary N) is 1. The zero-order valence-electron chi connectivity index (χ0n) is 10.2. The lowest BCUT2D eigenvalue weighted by atomic mass is 10.3. The van der Waals surface area contributed by atoms with Crippen LogP contribution in [0.15, 0.2) is 6.20 Å². The lowest BCUT2D eigenvalue weighted by molar-refractivity contribution is -0.139. The number of rotatable bonds is 6. The van der Waals surface area contributed by atoms with Crippen LogP contribution in [-0.2, 0) is 16.0 Å². The predicted molar refractivity (Wildman–Crippen MR) is 72.6 cm³/mol. The second-order valence-electron chi connectivity index (χ2n) is 3.64. The molecule has 2 atom stereocenters. The summed E-state index contributed by atoms with van der Waals surface area (Å²) < 4.78 is 4.63. The molecule has 96 valence electrons. The molecule has 0 aliphatic rings. The van der Waals surface area contributed by atoms with Gasteiger partial charge in [0.1, 0.15) is 9.83 Å². The van der Waals surface area contributed by atoms with E-state index >= 15 is 0 Å². The Kier molecular flexibility index (Phi) is 6.08. The van der Waals surface area contributed by atoms with Gasteiger partial charge in [-0.25, -0.2) is 4.98 Å². The lowest BCUT2D eigenvalue weighted by Crippen LogP contribution is -2.31. The number of ether oxygens (including phenoxy) is 1. The highest BCUT2D eigenvalue weighted by atomic mass is 79.9. The van der Waals surface area contributed by atoms with Gasteiger partial charge in [-0.1, -0.05) is 22.9 Å². The molecule has 0 saturated heterocycles. The topological polar surface area (TPSA) is 51.2 Å². The van der Waals surface area contributed by atoms with Gasteiger partial charge in [-0.3, -0.25) is 4.79 Å². The van der Waals surface area contributed by atoms with Crippen LogP contribution in [0.2, 0.25) is 0 Å². The van der Waals surface area contributed by atoms with Crippen molar-refractivity contribution in [3.05, 3.63) is 16.1 Å². The number of hydrogen-bond donors (Lipinski definition) is 1. The number of esters is 1. The first-order chi connectivity index (χ1) is 8.08.